The topological polar surface area (TPSA) is 49.3 Å². The van der Waals surface area contributed by atoms with Gasteiger partial charge in [0.25, 0.3) is 0 Å². The molecule has 0 unspecified atom stereocenters. The Bertz CT molecular complexity index is 520. The second kappa shape index (κ2) is 10.8. The number of aliphatic imine (C=N–C) groups is 1. The van der Waals surface area contributed by atoms with Crippen LogP contribution in [0.25, 0.3) is 0 Å². The monoisotopic (exact) mass is 336 g/mol. The van der Waals surface area contributed by atoms with E-state index in [0.717, 1.165) is 49.2 Å². The van der Waals surface area contributed by atoms with E-state index in [9.17, 15) is 0 Å². The summed E-state index contributed by atoms with van der Waals surface area (Å²) < 4.78 is 10.7. The van der Waals surface area contributed by atoms with E-state index < -0.39 is 0 Å². The minimum atomic E-state index is 0.711. The summed E-state index contributed by atoms with van der Waals surface area (Å²) in [6.07, 6.45) is 0. The van der Waals surface area contributed by atoms with Gasteiger partial charge in [0.2, 0.25) is 0 Å². The summed E-state index contributed by atoms with van der Waals surface area (Å²) in [5.74, 6) is 2.52. The Morgan fingerprint density at radius 3 is 2.50 bits per heavy atom. The molecule has 0 bridgehead atoms. The van der Waals surface area contributed by atoms with Crippen molar-refractivity contribution in [1.82, 2.24) is 15.1 Å². The van der Waals surface area contributed by atoms with E-state index in [0.29, 0.717) is 6.54 Å². The first-order valence-corrected chi connectivity index (χ1v) is 8.44. The number of nitrogens with one attached hydrogen (secondary N) is 1. The van der Waals surface area contributed by atoms with Crippen molar-refractivity contribution in [1.29, 1.82) is 0 Å². The van der Waals surface area contributed by atoms with Gasteiger partial charge in [-0.05, 0) is 32.6 Å². The van der Waals surface area contributed by atoms with Crippen LogP contribution in [-0.4, -0.2) is 70.3 Å². The second-order valence-electron chi connectivity index (χ2n) is 5.67. The molecule has 0 aromatic heterocycles. The zero-order valence-corrected chi connectivity index (χ0v) is 15.9. The van der Waals surface area contributed by atoms with E-state index in [2.05, 4.69) is 36.0 Å². The molecule has 1 aromatic carbocycles. The molecule has 6 nitrogen and oxygen atoms in total. The molecule has 1 rings (SSSR count). The van der Waals surface area contributed by atoms with Gasteiger partial charge in [0.15, 0.2) is 5.96 Å². The quantitative estimate of drug-likeness (QED) is 0.552. The molecule has 0 heterocycles. The maximum absolute atomic E-state index is 5.48. The predicted octanol–water partition coefficient (Wildman–Crippen LogP) is 2.05. The lowest BCUT2D eigenvalue weighted by Gasteiger charge is -2.23. The Hall–Kier alpha value is -1.95. The van der Waals surface area contributed by atoms with Crippen molar-refractivity contribution in [3.05, 3.63) is 23.8 Å². The minimum Gasteiger partial charge on any atom is -0.497 e. The van der Waals surface area contributed by atoms with Crippen molar-refractivity contribution in [3.63, 3.8) is 0 Å². The predicted molar refractivity (Wildman–Crippen MR) is 100 cm³/mol. The number of guanidine groups is 1. The third-order valence-electron chi connectivity index (χ3n) is 3.88. The number of methoxy groups -OCH3 is 2. The molecule has 0 saturated heterocycles. The SMILES string of the molecule is CCNC(=NCCN(C)CC)N(C)Cc1ccc(OC)cc1OC. The average molecular weight is 336 g/mol. The Morgan fingerprint density at radius 1 is 1.17 bits per heavy atom. The number of rotatable bonds is 9. The number of likely N-dealkylation sites (N-methyl/N-ethyl adjacent to an activating group) is 1. The molecule has 1 aromatic rings. The number of hydrogen-bond donors (Lipinski definition) is 1. The summed E-state index contributed by atoms with van der Waals surface area (Å²) in [4.78, 5) is 9.07. The van der Waals surface area contributed by atoms with Gasteiger partial charge in [-0.15, -0.1) is 0 Å². The first kappa shape index (κ1) is 20.1. The Kier molecular flexibility index (Phi) is 9.01. The Labute approximate surface area is 146 Å². The molecule has 136 valence electrons. The minimum absolute atomic E-state index is 0.711. The van der Waals surface area contributed by atoms with Crippen molar-refractivity contribution in [2.45, 2.75) is 20.4 Å². The zero-order chi connectivity index (χ0) is 17.9. The molecule has 0 amide bonds. The molecule has 0 aliphatic rings. The van der Waals surface area contributed by atoms with Gasteiger partial charge in [0.1, 0.15) is 11.5 Å². The van der Waals surface area contributed by atoms with Crippen LogP contribution in [0.15, 0.2) is 23.2 Å². The summed E-state index contributed by atoms with van der Waals surface area (Å²) in [5.41, 5.74) is 1.09. The fourth-order valence-electron chi connectivity index (χ4n) is 2.27. The smallest absolute Gasteiger partial charge is 0.194 e. The van der Waals surface area contributed by atoms with Crippen LogP contribution in [0.5, 0.6) is 11.5 Å². The van der Waals surface area contributed by atoms with Crippen molar-refractivity contribution >= 4 is 5.96 Å². The first-order chi connectivity index (χ1) is 11.5. The van der Waals surface area contributed by atoms with Gasteiger partial charge in [-0.3, -0.25) is 4.99 Å². The molecule has 0 fully saturated rings. The molecule has 0 spiro atoms. The van der Waals surface area contributed by atoms with Crippen LogP contribution in [0.2, 0.25) is 0 Å². The molecule has 24 heavy (non-hydrogen) atoms. The average Bonchev–Trinajstić information content (AvgIpc) is 2.60. The number of ether oxygens (including phenoxy) is 2. The van der Waals surface area contributed by atoms with Gasteiger partial charge in [0, 0.05) is 38.3 Å². The van der Waals surface area contributed by atoms with Gasteiger partial charge < -0.3 is 24.6 Å². The fraction of sp³-hybridized carbons (Fsp3) is 0.611. The molecular weight excluding hydrogens is 304 g/mol. The summed E-state index contributed by atoms with van der Waals surface area (Å²) in [5, 5.41) is 3.35. The van der Waals surface area contributed by atoms with E-state index in [1.165, 1.54) is 0 Å². The third-order valence-corrected chi connectivity index (χ3v) is 3.88. The summed E-state index contributed by atoms with van der Waals surface area (Å²) >= 11 is 0. The van der Waals surface area contributed by atoms with Gasteiger partial charge in [-0.2, -0.15) is 0 Å². The maximum atomic E-state index is 5.48. The summed E-state index contributed by atoms with van der Waals surface area (Å²) in [6, 6.07) is 5.89. The van der Waals surface area contributed by atoms with Crippen LogP contribution in [0, 0.1) is 0 Å². The lowest BCUT2D eigenvalue weighted by Crippen LogP contribution is -2.39. The fourth-order valence-corrected chi connectivity index (χ4v) is 2.27. The Morgan fingerprint density at radius 2 is 1.92 bits per heavy atom. The van der Waals surface area contributed by atoms with Crippen LogP contribution in [0.3, 0.4) is 0 Å². The van der Waals surface area contributed by atoms with Crippen LogP contribution >= 0.6 is 0 Å². The van der Waals surface area contributed by atoms with E-state index in [1.54, 1.807) is 14.2 Å². The third kappa shape index (κ3) is 6.28. The van der Waals surface area contributed by atoms with Crippen molar-refractivity contribution in [3.8, 4) is 11.5 Å². The van der Waals surface area contributed by atoms with Crippen LogP contribution in [-0.2, 0) is 6.54 Å². The van der Waals surface area contributed by atoms with Gasteiger partial charge in [-0.25, -0.2) is 0 Å². The van der Waals surface area contributed by atoms with Gasteiger partial charge in [0.05, 0.1) is 20.8 Å². The molecule has 6 heteroatoms. The lowest BCUT2D eigenvalue weighted by atomic mass is 10.2. The molecule has 1 N–H and O–H groups in total. The molecular formula is C18H32N4O2. The van der Waals surface area contributed by atoms with Gasteiger partial charge >= 0.3 is 0 Å². The summed E-state index contributed by atoms with van der Waals surface area (Å²) in [7, 11) is 7.48. The van der Waals surface area contributed by atoms with Crippen LogP contribution in [0.1, 0.15) is 19.4 Å². The molecule has 0 saturated carbocycles. The standard InChI is InChI=1S/C18H32N4O2/c1-7-19-18(20-11-12-21(3)8-2)22(4)14-15-9-10-16(23-5)13-17(15)24-6/h9-10,13H,7-8,11-12,14H2,1-6H3,(H,19,20). The summed E-state index contributed by atoms with van der Waals surface area (Å²) in [6.45, 7) is 8.54. The lowest BCUT2D eigenvalue weighted by molar-refractivity contribution is 0.361. The van der Waals surface area contributed by atoms with E-state index in [-0.39, 0.29) is 0 Å². The zero-order valence-electron chi connectivity index (χ0n) is 15.9. The largest absolute Gasteiger partial charge is 0.497 e. The molecule has 0 radical (unpaired) electrons. The first-order valence-electron chi connectivity index (χ1n) is 8.44. The van der Waals surface area contributed by atoms with Crippen molar-refractivity contribution < 1.29 is 9.47 Å². The normalized spacial score (nSPS) is 11.5. The van der Waals surface area contributed by atoms with Crippen molar-refractivity contribution in [2.75, 3.05) is 54.5 Å². The number of nitrogens with zero attached hydrogens (tertiary/aromatic N) is 3. The van der Waals surface area contributed by atoms with Crippen LogP contribution < -0.4 is 14.8 Å². The highest BCUT2D eigenvalue weighted by Crippen LogP contribution is 2.25. The molecule has 0 aliphatic carbocycles. The Balaban J connectivity index is 2.80. The van der Waals surface area contributed by atoms with Crippen molar-refractivity contribution in [2.24, 2.45) is 4.99 Å². The molecule has 0 aliphatic heterocycles. The number of benzene rings is 1. The highest BCUT2D eigenvalue weighted by Gasteiger charge is 2.11. The van der Waals surface area contributed by atoms with E-state index >= 15 is 0 Å². The number of hydrogen-bond acceptors (Lipinski definition) is 4. The highest BCUT2D eigenvalue weighted by atomic mass is 16.5. The maximum Gasteiger partial charge on any atom is 0.194 e. The molecule has 0 atom stereocenters. The highest BCUT2D eigenvalue weighted by molar-refractivity contribution is 5.79. The van der Waals surface area contributed by atoms with Gasteiger partial charge in [-0.1, -0.05) is 6.92 Å². The van der Waals surface area contributed by atoms with Crippen LogP contribution in [0.4, 0.5) is 0 Å². The van der Waals surface area contributed by atoms with E-state index in [1.807, 2.05) is 25.2 Å². The van der Waals surface area contributed by atoms with E-state index in [4.69, 9.17) is 14.5 Å². The second-order valence-corrected chi connectivity index (χ2v) is 5.67.